The third-order valence-corrected chi connectivity index (χ3v) is 3.79. The lowest BCUT2D eigenvalue weighted by Gasteiger charge is -2.33. The zero-order valence-electron chi connectivity index (χ0n) is 9.66. The van der Waals surface area contributed by atoms with Crippen LogP contribution in [-0.2, 0) is 5.41 Å². The molecule has 17 heavy (non-hydrogen) atoms. The van der Waals surface area contributed by atoms with E-state index in [2.05, 4.69) is 22.8 Å². The number of halogens is 2. The molecule has 1 fully saturated rings. The Balaban J connectivity index is 0.000000722. The van der Waals surface area contributed by atoms with E-state index in [1.807, 2.05) is 6.07 Å². The van der Waals surface area contributed by atoms with E-state index in [1.165, 1.54) is 24.1 Å². The van der Waals surface area contributed by atoms with Gasteiger partial charge < -0.3 is 16.4 Å². The van der Waals surface area contributed by atoms with Gasteiger partial charge in [0.2, 0.25) is 0 Å². The van der Waals surface area contributed by atoms with Crippen LogP contribution < -0.4 is 16.4 Å². The summed E-state index contributed by atoms with van der Waals surface area (Å²) in [6.07, 6.45) is 2.44. The topological polar surface area (TPSA) is 50.1 Å². The van der Waals surface area contributed by atoms with Crippen molar-refractivity contribution in [2.75, 3.05) is 30.7 Å². The first kappa shape index (κ1) is 14.4. The van der Waals surface area contributed by atoms with Crippen molar-refractivity contribution in [1.29, 1.82) is 0 Å². The lowest BCUT2D eigenvalue weighted by atomic mass is 9.75. The van der Waals surface area contributed by atoms with Gasteiger partial charge in [0.15, 0.2) is 0 Å². The summed E-state index contributed by atoms with van der Waals surface area (Å²) in [5.41, 5.74) is 9.82. The molecule has 1 saturated heterocycles. The molecular weight excluding hydrogens is 257 g/mol. The number of nitrogens with one attached hydrogen (secondary N) is 2. The van der Waals surface area contributed by atoms with Gasteiger partial charge in [0, 0.05) is 23.3 Å². The molecule has 1 aromatic carbocycles. The first-order chi connectivity index (χ1) is 7.30. The summed E-state index contributed by atoms with van der Waals surface area (Å²) < 4.78 is 0. The van der Waals surface area contributed by atoms with Gasteiger partial charge in [-0.1, -0.05) is 0 Å². The molecule has 2 aliphatic heterocycles. The number of nitrogens with two attached hydrogens (primary N) is 1. The van der Waals surface area contributed by atoms with Crippen LogP contribution in [0.3, 0.4) is 0 Å². The van der Waals surface area contributed by atoms with Crippen LogP contribution in [0, 0.1) is 0 Å². The van der Waals surface area contributed by atoms with Crippen LogP contribution in [-0.4, -0.2) is 19.6 Å². The standard InChI is InChI=1S/C12H17N3.2ClH/c13-9-1-2-11-10(7-9)12(8-15-11)3-5-14-6-4-12;;/h1-2,7,14-15H,3-6,8,13H2;2*1H. The maximum atomic E-state index is 5.88. The Labute approximate surface area is 114 Å². The number of anilines is 2. The number of hydrogen-bond donors (Lipinski definition) is 3. The zero-order valence-corrected chi connectivity index (χ0v) is 11.3. The maximum Gasteiger partial charge on any atom is 0.0380 e. The number of benzene rings is 1. The van der Waals surface area contributed by atoms with E-state index in [1.54, 1.807) is 0 Å². The summed E-state index contributed by atoms with van der Waals surface area (Å²) >= 11 is 0. The van der Waals surface area contributed by atoms with Crippen molar-refractivity contribution in [3.05, 3.63) is 23.8 Å². The molecule has 4 N–H and O–H groups in total. The number of hydrogen-bond acceptors (Lipinski definition) is 3. The lowest BCUT2D eigenvalue weighted by Crippen LogP contribution is -2.41. The molecule has 0 unspecified atom stereocenters. The Kier molecular flexibility index (Phi) is 4.53. The average molecular weight is 276 g/mol. The summed E-state index contributed by atoms with van der Waals surface area (Å²) in [4.78, 5) is 0. The minimum Gasteiger partial charge on any atom is -0.399 e. The van der Waals surface area contributed by atoms with E-state index in [-0.39, 0.29) is 24.8 Å². The van der Waals surface area contributed by atoms with E-state index in [0.717, 1.165) is 25.3 Å². The minimum absolute atomic E-state index is 0. The Bertz CT molecular complexity index is 384. The zero-order chi connectivity index (χ0) is 10.3. The Hall–Kier alpha value is -0.640. The molecule has 96 valence electrons. The molecule has 0 aliphatic carbocycles. The molecule has 3 nitrogen and oxygen atoms in total. The number of rotatable bonds is 0. The highest BCUT2D eigenvalue weighted by molar-refractivity contribution is 5.85. The van der Waals surface area contributed by atoms with E-state index >= 15 is 0 Å². The number of fused-ring (bicyclic) bond motifs is 2. The summed E-state index contributed by atoms with van der Waals surface area (Å²) in [6, 6.07) is 6.24. The molecule has 3 rings (SSSR count). The fourth-order valence-corrected chi connectivity index (χ4v) is 2.87. The van der Waals surface area contributed by atoms with E-state index in [4.69, 9.17) is 5.73 Å². The highest BCUT2D eigenvalue weighted by Crippen LogP contribution is 2.43. The molecule has 0 aromatic heterocycles. The van der Waals surface area contributed by atoms with Gasteiger partial charge in [-0.15, -0.1) is 24.8 Å². The molecule has 2 aliphatic rings. The van der Waals surface area contributed by atoms with Crippen molar-refractivity contribution < 1.29 is 0 Å². The quantitative estimate of drug-likeness (QED) is 0.636. The Morgan fingerprint density at radius 3 is 2.53 bits per heavy atom. The normalized spacial score (nSPS) is 19.8. The predicted octanol–water partition coefficient (Wildman–Crippen LogP) is 2.16. The van der Waals surface area contributed by atoms with Gasteiger partial charge in [-0.3, -0.25) is 0 Å². The first-order valence-electron chi connectivity index (χ1n) is 5.65. The van der Waals surface area contributed by atoms with Gasteiger partial charge in [-0.2, -0.15) is 0 Å². The minimum atomic E-state index is 0. The van der Waals surface area contributed by atoms with Crippen LogP contribution in [0.1, 0.15) is 18.4 Å². The molecule has 1 aromatic rings. The third kappa shape index (κ3) is 2.32. The largest absolute Gasteiger partial charge is 0.399 e. The first-order valence-corrected chi connectivity index (χ1v) is 5.65. The van der Waals surface area contributed by atoms with E-state index in [9.17, 15) is 0 Å². The Morgan fingerprint density at radius 2 is 1.82 bits per heavy atom. The van der Waals surface area contributed by atoms with Crippen molar-refractivity contribution in [1.82, 2.24) is 5.32 Å². The van der Waals surface area contributed by atoms with Crippen LogP contribution in [0.2, 0.25) is 0 Å². The van der Waals surface area contributed by atoms with Crippen LogP contribution in [0.4, 0.5) is 11.4 Å². The summed E-state index contributed by atoms with van der Waals surface area (Å²) in [5, 5.41) is 6.93. The van der Waals surface area contributed by atoms with Crippen LogP contribution in [0.25, 0.3) is 0 Å². The van der Waals surface area contributed by atoms with Crippen molar-refractivity contribution >= 4 is 36.2 Å². The van der Waals surface area contributed by atoms with Crippen LogP contribution in [0.5, 0.6) is 0 Å². The van der Waals surface area contributed by atoms with Gasteiger partial charge in [-0.05, 0) is 49.7 Å². The monoisotopic (exact) mass is 275 g/mol. The molecular formula is C12H19Cl2N3. The number of piperidine rings is 1. The van der Waals surface area contributed by atoms with Gasteiger partial charge in [-0.25, -0.2) is 0 Å². The Morgan fingerprint density at radius 1 is 1.12 bits per heavy atom. The molecule has 0 saturated carbocycles. The molecule has 0 atom stereocenters. The second-order valence-corrected chi connectivity index (χ2v) is 4.69. The summed E-state index contributed by atoms with van der Waals surface area (Å²) in [7, 11) is 0. The molecule has 5 heteroatoms. The second kappa shape index (κ2) is 5.34. The molecule has 1 spiro atoms. The fraction of sp³-hybridized carbons (Fsp3) is 0.500. The molecule has 0 amide bonds. The van der Waals surface area contributed by atoms with Crippen LogP contribution in [0.15, 0.2) is 18.2 Å². The van der Waals surface area contributed by atoms with Crippen LogP contribution >= 0.6 is 24.8 Å². The van der Waals surface area contributed by atoms with Gasteiger partial charge in [0.05, 0.1) is 0 Å². The fourth-order valence-electron chi connectivity index (χ4n) is 2.87. The van der Waals surface area contributed by atoms with Gasteiger partial charge in [0.1, 0.15) is 0 Å². The molecule has 2 heterocycles. The maximum absolute atomic E-state index is 5.88. The molecule has 0 bridgehead atoms. The number of nitrogen functional groups attached to an aromatic ring is 1. The second-order valence-electron chi connectivity index (χ2n) is 4.69. The van der Waals surface area contributed by atoms with Crippen molar-refractivity contribution in [2.45, 2.75) is 18.3 Å². The van der Waals surface area contributed by atoms with Crippen molar-refractivity contribution in [3.8, 4) is 0 Å². The highest BCUT2D eigenvalue weighted by atomic mass is 35.5. The smallest absolute Gasteiger partial charge is 0.0380 e. The van der Waals surface area contributed by atoms with Crippen molar-refractivity contribution in [3.63, 3.8) is 0 Å². The summed E-state index contributed by atoms with van der Waals surface area (Å²) in [6.45, 7) is 3.32. The predicted molar refractivity (Wildman–Crippen MR) is 77.6 cm³/mol. The van der Waals surface area contributed by atoms with Crippen molar-refractivity contribution in [2.24, 2.45) is 0 Å². The average Bonchev–Trinajstić information content (AvgIpc) is 2.59. The van der Waals surface area contributed by atoms with E-state index in [0.29, 0.717) is 5.41 Å². The molecule has 0 radical (unpaired) electrons. The van der Waals surface area contributed by atoms with E-state index < -0.39 is 0 Å². The lowest BCUT2D eigenvalue weighted by molar-refractivity contribution is 0.335. The van der Waals surface area contributed by atoms with Gasteiger partial charge >= 0.3 is 0 Å². The third-order valence-electron chi connectivity index (χ3n) is 3.79. The summed E-state index contributed by atoms with van der Waals surface area (Å²) in [5.74, 6) is 0. The highest BCUT2D eigenvalue weighted by Gasteiger charge is 2.39. The SMILES string of the molecule is Cl.Cl.Nc1ccc2c(c1)C1(CCNCC1)CN2. The van der Waals surface area contributed by atoms with Gasteiger partial charge in [0.25, 0.3) is 0 Å².